The number of hydrogen-bond donors (Lipinski definition) is 2. The van der Waals surface area contributed by atoms with Crippen molar-refractivity contribution in [2.24, 2.45) is 0 Å². The van der Waals surface area contributed by atoms with Gasteiger partial charge in [-0.1, -0.05) is 18.2 Å². The van der Waals surface area contributed by atoms with Gasteiger partial charge in [0.15, 0.2) is 15.6 Å². The maximum absolute atomic E-state index is 12.5. The lowest BCUT2D eigenvalue weighted by molar-refractivity contribution is 0.0919. The summed E-state index contributed by atoms with van der Waals surface area (Å²) in [6.45, 7) is 5.67. The van der Waals surface area contributed by atoms with Crippen LogP contribution in [0.5, 0.6) is 0 Å². The van der Waals surface area contributed by atoms with Crippen molar-refractivity contribution in [3.8, 4) is 0 Å². The van der Waals surface area contributed by atoms with E-state index in [1.165, 1.54) is 24.3 Å². The van der Waals surface area contributed by atoms with Gasteiger partial charge in [0.25, 0.3) is 11.8 Å². The molecule has 162 valence electrons. The van der Waals surface area contributed by atoms with Gasteiger partial charge in [0.1, 0.15) is 11.5 Å². The Bertz CT molecular complexity index is 1170. The molecule has 8 heteroatoms. The van der Waals surface area contributed by atoms with Crippen molar-refractivity contribution in [1.82, 2.24) is 5.32 Å². The van der Waals surface area contributed by atoms with E-state index in [1.54, 1.807) is 42.5 Å². The summed E-state index contributed by atoms with van der Waals surface area (Å²) in [7, 11) is -3.57. The molecule has 2 amide bonds. The van der Waals surface area contributed by atoms with Crippen LogP contribution in [0.4, 0.5) is 5.69 Å². The van der Waals surface area contributed by atoms with E-state index in [-0.39, 0.29) is 33.6 Å². The molecule has 0 aliphatic carbocycles. The second kappa shape index (κ2) is 8.77. The minimum atomic E-state index is -3.57. The number of furan rings is 1. The minimum Gasteiger partial charge on any atom is -0.455 e. The van der Waals surface area contributed by atoms with Gasteiger partial charge in [-0.2, -0.15) is 0 Å². The van der Waals surface area contributed by atoms with Crippen LogP contribution in [-0.2, 0) is 15.6 Å². The highest BCUT2D eigenvalue weighted by Gasteiger charge is 2.19. The molecule has 7 nitrogen and oxygen atoms in total. The summed E-state index contributed by atoms with van der Waals surface area (Å²) < 4.78 is 30.3. The molecule has 31 heavy (non-hydrogen) atoms. The standard InChI is InChI=1S/C23H24N2O5S/c1-23(2,3)25-21(26)16-9-11-17(12-10-16)24-22(27)20-14-13-18(30-20)15-31(28,29)19-7-5-4-6-8-19/h4-14H,15H2,1-3H3,(H,24,27)(H,25,26). The highest BCUT2D eigenvalue weighted by atomic mass is 32.2. The molecule has 2 aromatic carbocycles. The Balaban J connectivity index is 1.64. The van der Waals surface area contributed by atoms with Gasteiger partial charge in [-0.05, 0) is 69.3 Å². The summed E-state index contributed by atoms with van der Waals surface area (Å²) in [6.07, 6.45) is 0. The van der Waals surface area contributed by atoms with Crippen molar-refractivity contribution in [1.29, 1.82) is 0 Å². The fourth-order valence-electron chi connectivity index (χ4n) is 2.79. The van der Waals surface area contributed by atoms with E-state index in [4.69, 9.17) is 4.42 Å². The van der Waals surface area contributed by atoms with Crippen LogP contribution in [0.3, 0.4) is 0 Å². The van der Waals surface area contributed by atoms with Gasteiger partial charge >= 0.3 is 0 Å². The summed E-state index contributed by atoms with van der Waals surface area (Å²) in [5, 5.41) is 5.53. The van der Waals surface area contributed by atoms with Gasteiger partial charge in [0, 0.05) is 16.8 Å². The maximum atomic E-state index is 12.5. The third-order valence-corrected chi connectivity index (χ3v) is 5.87. The quantitative estimate of drug-likeness (QED) is 0.602. The van der Waals surface area contributed by atoms with Crippen LogP contribution in [0.25, 0.3) is 0 Å². The van der Waals surface area contributed by atoms with Gasteiger partial charge in [0.05, 0.1) is 4.90 Å². The molecule has 0 aliphatic rings. The third kappa shape index (κ3) is 6.05. The van der Waals surface area contributed by atoms with E-state index in [9.17, 15) is 18.0 Å². The molecule has 0 radical (unpaired) electrons. The predicted molar refractivity (Wildman–Crippen MR) is 118 cm³/mol. The van der Waals surface area contributed by atoms with E-state index in [0.29, 0.717) is 11.3 Å². The lowest BCUT2D eigenvalue weighted by atomic mass is 10.1. The Labute approximate surface area is 181 Å². The van der Waals surface area contributed by atoms with E-state index in [1.807, 2.05) is 20.8 Å². The fourth-order valence-corrected chi connectivity index (χ4v) is 4.05. The number of anilines is 1. The zero-order valence-corrected chi connectivity index (χ0v) is 18.3. The molecule has 1 heterocycles. The first kappa shape index (κ1) is 22.3. The molecule has 3 aromatic rings. The van der Waals surface area contributed by atoms with Crippen LogP contribution < -0.4 is 10.6 Å². The predicted octanol–water partition coefficient (Wildman–Crippen LogP) is 4.03. The highest BCUT2D eigenvalue weighted by Crippen LogP contribution is 2.19. The number of rotatable bonds is 6. The third-order valence-electron chi connectivity index (χ3n) is 4.21. The molecular formula is C23H24N2O5S. The first-order valence-electron chi connectivity index (χ1n) is 9.64. The number of carbonyl (C=O) groups is 2. The summed E-state index contributed by atoms with van der Waals surface area (Å²) in [4.78, 5) is 24.8. The largest absolute Gasteiger partial charge is 0.455 e. The molecule has 0 fully saturated rings. The van der Waals surface area contributed by atoms with Crippen molar-refractivity contribution < 1.29 is 22.4 Å². The van der Waals surface area contributed by atoms with Crippen molar-refractivity contribution >= 4 is 27.3 Å². The highest BCUT2D eigenvalue weighted by molar-refractivity contribution is 7.90. The van der Waals surface area contributed by atoms with Gasteiger partial charge in [0.2, 0.25) is 0 Å². The average molecular weight is 441 g/mol. The van der Waals surface area contributed by atoms with Crippen molar-refractivity contribution in [3.63, 3.8) is 0 Å². The van der Waals surface area contributed by atoms with E-state index in [2.05, 4.69) is 10.6 Å². The van der Waals surface area contributed by atoms with Crippen LogP contribution >= 0.6 is 0 Å². The average Bonchev–Trinajstić information content (AvgIpc) is 3.16. The topological polar surface area (TPSA) is 105 Å². The first-order valence-corrected chi connectivity index (χ1v) is 11.3. The molecule has 0 bridgehead atoms. The Morgan fingerprint density at radius 2 is 1.52 bits per heavy atom. The molecule has 0 saturated carbocycles. The minimum absolute atomic E-state index is 0.00665. The molecule has 1 aromatic heterocycles. The van der Waals surface area contributed by atoms with Gasteiger partial charge in [-0.25, -0.2) is 8.42 Å². The molecule has 3 rings (SSSR count). The normalized spacial score (nSPS) is 11.7. The number of carbonyl (C=O) groups excluding carboxylic acids is 2. The summed E-state index contributed by atoms with van der Waals surface area (Å²) in [5.41, 5.74) is 0.598. The SMILES string of the molecule is CC(C)(C)NC(=O)c1ccc(NC(=O)c2ccc(CS(=O)(=O)c3ccccc3)o2)cc1. The van der Waals surface area contributed by atoms with Crippen molar-refractivity contribution in [2.45, 2.75) is 37.0 Å². The second-order valence-corrected chi connectivity index (χ2v) is 10.1. The molecule has 0 saturated heterocycles. The molecular weight excluding hydrogens is 416 g/mol. The second-order valence-electron chi connectivity index (χ2n) is 8.07. The lowest BCUT2D eigenvalue weighted by Gasteiger charge is -2.20. The van der Waals surface area contributed by atoms with Crippen molar-refractivity contribution in [2.75, 3.05) is 5.32 Å². The molecule has 0 aliphatic heterocycles. The monoisotopic (exact) mass is 440 g/mol. The molecule has 0 spiro atoms. The van der Waals surface area contributed by atoms with Crippen LogP contribution in [0, 0.1) is 0 Å². The van der Waals surface area contributed by atoms with E-state index < -0.39 is 15.7 Å². The number of hydrogen-bond acceptors (Lipinski definition) is 5. The zero-order valence-electron chi connectivity index (χ0n) is 17.5. The zero-order chi connectivity index (χ0) is 22.6. The fraction of sp³-hybridized carbons (Fsp3) is 0.217. The molecule has 0 atom stereocenters. The van der Waals surface area contributed by atoms with Gasteiger partial charge < -0.3 is 15.1 Å². The van der Waals surface area contributed by atoms with Crippen LogP contribution in [-0.4, -0.2) is 25.8 Å². The van der Waals surface area contributed by atoms with Crippen molar-refractivity contribution in [3.05, 3.63) is 83.8 Å². The smallest absolute Gasteiger partial charge is 0.291 e. The maximum Gasteiger partial charge on any atom is 0.291 e. The number of amides is 2. The Hall–Kier alpha value is -3.39. The van der Waals surface area contributed by atoms with Crippen LogP contribution in [0.15, 0.2) is 76.0 Å². The molecule has 0 unspecified atom stereocenters. The summed E-state index contributed by atoms with van der Waals surface area (Å²) in [6, 6.07) is 17.4. The van der Waals surface area contributed by atoms with E-state index in [0.717, 1.165) is 0 Å². The number of nitrogens with one attached hydrogen (secondary N) is 2. The lowest BCUT2D eigenvalue weighted by Crippen LogP contribution is -2.40. The Morgan fingerprint density at radius 3 is 2.13 bits per heavy atom. The van der Waals surface area contributed by atoms with Crippen LogP contribution in [0.1, 0.15) is 47.4 Å². The first-order chi connectivity index (χ1) is 14.5. The van der Waals surface area contributed by atoms with Crippen LogP contribution in [0.2, 0.25) is 0 Å². The summed E-state index contributed by atoms with van der Waals surface area (Å²) in [5.74, 6) is -0.908. The Kier molecular flexibility index (Phi) is 6.31. The van der Waals surface area contributed by atoms with Gasteiger partial charge in [-0.3, -0.25) is 9.59 Å². The Morgan fingerprint density at radius 1 is 0.871 bits per heavy atom. The molecule has 2 N–H and O–H groups in total. The summed E-state index contributed by atoms with van der Waals surface area (Å²) >= 11 is 0. The van der Waals surface area contributed by atoms with Gasteiger partial charge in [-0.15, -0.1) is 0 Å². The van der Waals surface area contributed by atoms with E-state index >= 15 is 0 Å². The number of benzene rings is 2. The number of sulfone groups is 1.